The summed E-state index contributed by atoms with van der Waals surface area (Å²) in [5.41, 5.74) is 1.13. The molecule has 0 fully saturated rings. The number of fused-ring (bicyclic) bond motifs is 1. The Morgan fingerprint density at radius 1 is 1.03 bits per heavy atom. The fraction of sp³-hybridized carbons (Fsp3) is 0.0370. The third kappa shape index (κ3) is 4.60. The highest BCUT2D eigenvalue weighted by Crippen LogP contribution is 2.33. The first-order chi connectivity index (χ1) is 17.5. The highest BCUT2D eigenvalue weighted by Gasteiger charge is 2.14. The Bertz CT molecular complexity index is 1680. The number of pyridine rings is 3. The van der Waals surface area contributed by atoms with Gasteiger partial charge in [0.25, 0.3) is 5.56 Å². The van der Waals surface area contributed by atoms with Crippen molar-refractivity contribution in [2.24, 2.45) is 0 Å². The van der Waals surface area contributed by atoms with E-state index in [1.54, 1.807) is 29.1 Å². The molecule has 0 bridgehead atoms. The molecule has 5 aromatic rings. The molecular weight excluding hydrogens is 481 g/mol. The Balaban J connectivity index is 1.44. The second-order valence-electron chi connectivity index (χ2n) is 7.81. The van der Waals surface area contributed by atoms with Crippen LogP contribution < -0.4 is 15.6 Å². The summed E-state index contributed by atoms with van der Waals surface area (Å²) in [5.74, 6) is -0.344. The molecule has 3 aromatic heterocycles. The summed E-state index contributed by atoms with van der Waals surface area (Å²) in [5, 5.41) is 13.2. The average Bonchev–Trinajstić information content (AvgIpc) is 2.89. The van der Waals surface area contributed by atoms with Gasteiger partial charge in [0, 0.05) is 36.4 Å². The van der Waals surface area contributed by atoms with Crippen LogP contribution in [0.1, 0.15) is 11.3 Å². The topological polar surface area (TPSA) is 92.8 Å². The van der Waals surface area contributed by atoms with Crippen LogP contribution in [0.3, 0.4) is 0 Å². The minimum absolute atomic E-state index is 0.00617. The van der Waals surface area contributed by atoms with Crippen LogP contribution in [0.15, 0.2) is 90.1 Å². The second kappa shape index (κ2) is 9.86. The molecule has 5 rings (SSSR count). The highest BCUT2D eigenvalue weighted by molar-refractivity contribution is 6.33. The van der Waals surface area contributed by atoms with Crippen molar-refractivity contribution in [3.63, 3.8) is 0 Å². The van der Waals surface area contributed by atoms with E-state index in [-0.39, 0.29) is 27.8 Å². The lowest BCUT2D eigenvalue weighted by atomic mass is 10.2. The van der Waals surface area contributed by atoms with E-state index < -0.39 is 5.82 Å². The molecule has 0 spiro atoms. The van der Waals surface area contributed by atoms with Crippen molar-refractivity contribution in [2.45, 2.75) is 6.54 Å². The van der Waals surface area contributed by atoms with Gasteiger partial charge in [-0.15, -0.1) is 0 Å². The van der Waals surface area contributed by atoms with Gasteiger partial charge < -0.3 is 14.6 Å². The third-order valence-electron chi connectivity index (χ3n) is 5.46. The summed E-state index contributed by atoms with van der Waals surface area (Å²) in [7, 11) is 0. The van der Waals surface area contributed by atoms with Crippen molar-refractivity contribution < 1.29 is 9.13 Å². The molecule has 9 heteroatoms. The maximum Gasteiger partial charge on any atom is 0.262 e. The van der Waals surface area contributed by atoms with Crippen molar-refractivity contribution in [2.75, 3.05) is 5.32 Å². The fourth-order valence-electron chi connectivity index (χ4n) is 3.72. The van der Waals surface area contributed by atoms with Gasteiger partial charge in [-0.3, -0.25) is 4.79 Å². The molecule has 0 radical (unpaired) electrons. The van der Waals surface area contributed by atoms with Crippen LogP contribution in [-0.2, 0) is 6.54 Å². The Hall–Kier alpha value is -4.74. The summed E-state index contributed by atoms with van der Waals surface area (Å²) in [4.78, 5) is 21.5. The van der Waals surface area contributed by atoms with Crippen molar-refractivity contribution in [1.82, 2.24) is 14.5 Å². The Morgan fingerprint density at radius 2 is 1.83 bits per heavy atom. The molecule has 1 N–H and O–H groups in total. The van der Waals surface area contributed by atoms with Gasteiger partial charge >= 0.3 is 0 Å². The van der Waals surface area contributed by atoms with E-state index in [1.165, 1.54) is 24.4 Å². The number of rotatable bonds is 6. The third-order valence-corrected chi connectivity index (χ3v) is 5.83. The van der Waals surface area contributed by atoms with Gasteiger partial charge in [0.15, 0.2) is 23.0 Å². The van der Waals surface area contributed by atoms with Gasteiger partial charge in [-0.25, -0.2) is 14.4 Å². The second-order valence-corrected chi connectivity index (χ2v) is 8.19. The number of aromatic nitrogens is 3. The molecule has 0 saturated heterocycles. The van der Waals surface area contributed by atoms with Crippen LogP contribution in [0.4, 0.5) is 15.9 Å². The van der Waals surface area contributed by atoms with Crippen molar-refractivity contribution in [3.05, 3.63) is 118 Å². The molecule has 36 heavy (non-hydrogen) atoms. The van der Waals surface area contributed by atoms with Crippen LogP contribution in [0.25, 0.3) is 10.8 Å². The summed E-state index contributed by atoms with van der Waals surface area (Å²) in [6, 6.07) is 20.8. The van der Waals surface area contributed by atoms with Crippen LogP contribution >= 0.6 is 11.6 Å². The number of hydrogen-bond acceptors (Lipinski definition) is 6. The average molecular weight is 498 g/mol. The lowest BCUT2D eigenvalue weighted by Crippen LogP contribution is -2.21. The maximum atomic E-state index is 14.9. The van der Waals surface area contributed by atoms with Gasteiger partial charge in [0.2, 0.25) is 0 Å². The first kappa shape index (κ1) is 23.0. The molecule has 0 amide bonds. The van der Waals surface area contributed by atoms with E-state index in [1.807, 2.05) is 42.5 Å². The number of anilines is 2. The van der Waals surface area contributed by atoms with Crippen LogP contribution in [0.2, 0.25) is 5.02 Å². The molecule has 0 aliphatic rings. The Morgan fingerprint density at radius 3 is 2.61 bits per heavy atom. The molecule has 0 unspecified atom stereocenters. The molecule has 2 aromatic carbocycles. The van der Waals surface area contributed by atoms with Gasteiger partial charge in [-0.05, 0) is 35.2 Å². The summed E-state index contributed by atoms with van der Waals surface area (Å²) < 4.78 is 22.0. The lowest BCUT2D eigenvalue weighted by Gasteiger charge is -2.13. The van der Waals surface area contributed by atoms with Gasteiger partial charge in [0.1, 0.15) is 16.9 Å². The molecular formula is C27H17ClFN5O2. The van der Waals surface area contributed by atoms with Crippen LogP contribution in [-0.4, -0.2) is 14.5 Å². The number of nitrogens with zero attached hydrogens (tertiary/aromatic N) is 4. The minimum Gasteiger partial charge on any atom is -0.453 e. The maximum absolute atomic E-state index is 14.9. The number of hydrogen-bond donors (Lipinski definition) is 1. The molecule has 7 nitrogen and oxygen atoms in total. The summed E-state index contributed by atoms with van der Waals surface area (Å²) in [6.45, 7) is 0.412. The zero-order valence-corrected chi connectivity index (χ0v) is 19.4. The minimum atomic E-state index is -0.673. The highest BCUT2D eigenvalue weighted by atomic mass is 35.5. The van der Waals surface area contributed by atoms with Crippen molar-refractivity contribution >= 4 is 33.9 Å². The van der Waals surface area contributed by atoms with Crippen LogP contribution in [0, 0.1) is 17.1 Å². The number of benzene rings is 2. The standard InChI is InChI=1S/C27H17ClFN5O2/c28-25-21(15-30)31-12-9-23(25)36-22-7-6-19(14-20(22)29)33-26-24-18(8-11-32-26)10-13-34(27(24)35)16-17-4-2-1-3-5-17/h1-14H,16H2,(H,32,33). The summed E-state index contributed by atoms with van der Waals surface area (Å²) in [6.07, 6.45) is 4.68. The molecule has 0 aliphatic heterocycles. The van der Waals surface area contributed by atoms with E-state index in [2.05, 4.69) is 15.3 Å². The Kier molecular flexibility index (Phi) is 6.31. The fourth-order valence-corrected chi connectivity index (χ4v) is 3.91. The first-order valence-electron chi connectivity index (χ1n) is 10.8. The van der Waals surface area contributed by atoms with E-state index in [0.717, 1.165) is 5.56 Å². The largest absolute Gasteiger partial charge is 0.453 e. The SMILES string of the molecule is N#Cc1nccc(Oc2ccc(Nc3nccc4ccn(Cc5ccccc5)c(=O)c34)cc2F)c1Cl. The van der Waals surface area contributed by atoms with Gasteiger partial charge in [-0.1, -0.05) is 41.9 Å². The predicted octanol–water partition coefficient (Wildman–Crippen LogP) is 6.04. The quantitative estimate of drug-likeness (QED) is 0.307. The molecule has 0 saturated carbocycles. The Labute approximate surface area is 210 Å². The number of nitriles is 1. The summed E-state index contributed by atoms with van der Waals surface area (Å²) >= 11 is 6.10. The number of halogens is 2. The number of nitrogens with one attached hydrogen (secondary N) is 1. The number of ether oxygens (including phenoxy) is 1. The molecule has 0 aliphatic carbocycles. The monoisotopic (exact) mass is 497 g/mol. The van der Waals surface area contributed by atoms with Crippen molar-refractivity contribution in [1.29, 1.82) is 5.26 Å². The molecule has 3 heterocycles. The van der Waals surface area contributed by atoms with E-state index in [0.29, 0.717) is 28.8 Å². The van der Waals surface area contributed by atoms with E-state index in [9.17, 15) is 9.18 Å². The molecule has 0 atom stereocenters. The predicted molar refractivity (Wildman–Crippen MR) is 135 cm³/mol. The van der Waals surface area contributed by atoms with E-state index in [4.69, 9.17) is 21.6 Å². The lowest BCUT2D eigenvalue weighted by molar-refractivity contribution is 0.442. The zero-order valence-electron chi connectivity index (χ0n) is 18.7. The van der Waals surface area contributed by atoms with E-state index >= 15 is 0 Å². The normalized spacial score (nSPS) is 10.7. The zero-order chi connectivity index (χ0) is 25.1. The van der Waals surface area contributed by atoms with Crippen molar-refractivity contribution in [3.8, 4) is 17.6 Å². The molecule has 176 valence electrons. The first-order valence-corrected chi connectivity index (χ1v) is 11.2. The van der Waals surface area contributed by atoms with Gasteiger partial charge in [0.05, 0.1) is 11.9 Å². The van der Waals surface area contributed by atoms with Gasteiger partial charge in [-0.2, -0.15) is 5.26 Å². The van der Waals surface area contributed by atoms with Crippen LogP contribution in [0.5, 0.6) is 11.5 Å². The smallest absolute Gasteiger partial charge is 0.262 e.